The van der Waals surface area contributed by atoms with Crippen LogP contribution in [0.4, 0.5) is 4.39 Å². The van der Waals surface area contributed by atoms with Gasteiger partial charge < -0.3 is 5.73 Å². The standard InChI is InChI=1S/C14H18ClFN2S2/c1-20-14(13(17)19)4-6-18(7-5-14)9-10-2-3-11(16)8-12(10)15/h2-3,8H,4-7,9H2,1H3,(H2,17,19). The Morgan fingerprint density at radius 2 is 2.15 bits per heavy atom. The van der Waals surface area contributed by atoms with E-state index in [9.17, 15) is 4.39 Å². The first-order valence-electron chi connectivity index (χ1n) is 6.48. The van der Waals surface area contributed by atoms with Crippen molar-refractivity contribution in [3.05, 3.63) is 34.6 Å². The zero-order valence-corrected chi connectivity index (χ0v) is 13.8. The molecule has 6 heteroatoms. The van der Waals surface area contributed by atoms with Gasteiger partial charge in [-0.15, -0.1) is 0 Å². The summed E-state index contributed by atoms with van der Waals surface area (Å²) in [5, 5.41) is 0.487. The minimum absolute atomic E-state index is 0.0710. The summed E-state index contributed by atoms with van der Waals surface area (Å²) >= 11 is 13.0. The van der Waals surface area contributed by atoms with Crippen LogP contribution in [0, 0.1) is 5.82 Å². The Kier molecular flexibility index (Phi) is 5.29. The molecule has 1 aromatic rings. The molecule has 1 aromatic carbocycles. The zero-order chi connectivity index (χ0) is 14.8. The molecule has 2 rings (SSSR count). The molecule has 2 N–H and O–H groups in total. The summed E-state index contributed by atoms with van der Waals surface area (Å²) in [5.74, 6) is -0.299. The lowest BCUT2D eigenvalue weighted by atomic mass is 9.95. The molecule has 0 atom stereocenters. The molecule has 20 heavy (non-hydrogen) atoms. The van der Waals surface area contributed by atoms with Crippen LogP contribution in [0.15, 0.2) is 18.2 Å². The molecule has 2 nitrogen and oxygen atoms in total. The Morgan fingerprint density at radius 1 is 1.50 bits per heavy atom. The highest BCUT2D eigenvalue weighted by Gasteiger charge is 2.36. The molecule has 0 spiro atoms. The first kappa shape index (κ1) is 16.0. The maximum Gasteiger partial charge on any atom is 0.124 e. The Balaban J connectivity index is 1.99. The minimum atomic E-state index is -0.299. The molecule has 1 heterocycles. The first-order chi connectivity index (χ1) is 9.47. The van der Waals surface area contributed by atoms with Gasteiger partial charge >= 0.3 is 0 Å². The lowest BCUT2D eigenvalue weighted by Gasteiger charge is -2.40. The van der Waals surface area contributed by atoms with Gasteiger partial charge in [0.2, 0.25) is 0 Å². The molecule has 0 bridgehead atoms. The van der Waals surface area contributed by atoms with Crippen molar-refractivity contribution in [2.45, 2.75) is 24.1 Å². The van der Waals surface area contributed by atoms with E-state index in [1.165, 1.54) is 12.1 Å². The summed E-state index contributed by atoms with van der Waals surface area (Å²) in [6.07, 6.45) is 3.95. The number of piperidine rings is 1. The topological polar surface area (TPSA) is 29.3 Å². The number of thioether (sulfide) groups is 1. The van der Waals surface area contributed by atoms with Crippen molar-refractivity contribution in [2.24, 2.45) is 5.73 Å². The second kappa shape index (κ2) is 6.60. The smallest absolute Gasteiger partial charge is 0.124 e. The summed E-state index contributed by atoms with van der Waals surface area (Å²) < 4.78 is 13.0. The Bertz CT molecular complexity index is 502. The second-order valence-corrected chi connectivity index (χ2v) is 7.11. The number of benzene rings is 1. The van der Waals surface area contributed by atoms with Crippen molar-refractivity contribution in [1.82, 2.24) is 4.90 Å². The molecule has 1 aliphatic rings. The van der Waals surface area contributed by atoms with E-state index in [0.717, 1.165) is 38.0 Å². The molecule has 0 saturated carbocycles. The van der Waals surface area contributed by atoms with Crippen molar-refractivity contribution in [1.29, 1.82) is 0 Å². The van der Waals surface area contributed by atoms with Crippen LogP contribution < -0.4 is 5.73 Å². The average molecular weight is 333 g/mol. The summed E-state index contributed by atoms with van der Waals surface area (Å²) in [5.41, 5.74) is 6.84. The fourth-order valence-corrected chi connectivity index (χ4v) is 3.99. The van der Waals surface area contributed by atoms with Crippen molar-refractivity contribution in [3.63, 3.8) is 0 Å². The lowest BCUT2D eigenvalue weighted by Crippen LogP contribution is -2.48. The number of likely N-dealkylation sites (tertiary alicyclic amines) is 1. The maximum atomic E-state index is 13.0. The van der Waals surface area contributed by atoms with Crippen LogP contribution in [-0.4, -0.2) is 34.0 Å². The van der Waals surface area contributed by atoms with Crippen LogP contribution in [0.5, 0.6) is 0 Å². The van der Waals surface area contributed by atoms with Crippen LogP contribution in [-0.2, 0) is 6.54 Å². The third-order valence-electron chi connectivity index (χ3n) is 3.91. The van der Waals surface area contributed by atoms with Gasteiger partial charge in [-0.3, -0.25) is 4.90 Å². The van der Waals surface area contributed by atoms with Gasteiger partial charge in [-0.2, -0.15) is 11.8 Å². The quantitative estimate of drug-likeness (QED) is 0.855. The van der Waals surface area contributed by atoms with Gasteiger partial charge in [-0.05, 0) is 36.8 Å². The number of halogens is 2. The third-order valence-corrected chi connectivity index (χ3v) is 6.19. The van der Waals surface area contributed by atoms with Crippen LogP contribution >= 0.6 is 35.6 Å². The fourth-order valence-electron chi connectivity index (χ4n) is 2.51. The van der Waals surface area contributed by atoms with Crippen LogP contribution in [0.1, 0.15) is 18.4 Å². The molecule has 1 fully saturated rings. The largest absolute Gasteiger partial charge is 0.392 e. The number of nitrogens with two attached hydrogens (primary N) is 1. The highest BCUT2D eigenvalue weighted by atomic mass is 35.5. The molecule has 0 aromatic heterocycles. The minimum Gasteiger partial charge on any atom is -0.392 e. The normalized spacial score (nSPS) is 18.9. The zero-order valence-electron chi connectivity index (χ0n) is 11.4. The molecule has 0 aliphatic carbocycles. The van der Waals surface area contributed by atoms with Crippen LogP contribution in [0.25, 0.3) is 0 Å². The predicted molar refractivity (Wildman–Crippen MR) is 89.0 cm³/mol. The maximum absolute atomic E-state index is 13.0. The Labute approximate surface area is 133 Å². The van der Waals surface area contributed by atoms with Crippen molar-refractivity contribution in [2.75, 3.05) is 19.3 Å². The van der Waals surface area contributed by atoms with Gasteiger partial charge in [-0.25, -0.2) is 4.39 Å². The number of rotatable bonds is 4. The summed E-state index contributed by atoms with van der Waals surface area (Å²) in [6, 6.07) is 4.57. The second-order valence-electron chi connectivity index (χ2n) is 5.07. The number of thiocarbonyl (C=S) groups is 1. The van der Waals surface area contributed by atoms with E-state index >= 15 is 0 Å². The lowest BCUT2D eigenvalue weighted by molar-refractivity contribution is 0.212. The van der Waals surface area contributed by atoms with E-state index in [0.29, 0.717) is 10.0 Å². The fraction of sp³-hybridized carbons (Fsp3) is 0.500. The van der Waals surface area contributed by atoms with E-state index < -0.39 is 0 Å². The highest BCUT2D eigenvalue weighted by molar-refractivity contribution is 8.02. The van der Waals surface area contributed by atoms with Crippen molar-refractivity contribution < 1.29 is 4.39 Å². The molecule has 0 amide bonds. The predicted octanol–water partition coefficient (Wildman–Crippen LogP) is 3.46. The van der Waals surface area contributed by atoms with Gasteiger partial charge in [0.05, 0.1) is 9.74 Å². The summed E-state index contributed by atoms with van der Waals surface area (Å²) in [6.45, 7) is 2.58. The summed E-state index contributed by atoms with van der Waals surface area (Å²) in [7, 11) is 0. The number of nitrogens with zero attached hydrogens (tertiary/aromatic N) is 1. The highest BCUT2D eigenvalue weighted by Crippen LogP contribution is 2.35. The molecular weight excluding hydrogens is 315 g/mol. The van der Waals surface area contributed by atoms with E-state index in [4.69, 9.17) is 29.6 Å². The molecule has 1 saturated heterocycles. The van der Waals surface area contributed by atoms with Crippen molar-refractivity contribution in [3.8, 4) is 0 Å². The van der Waals surface area contributed by atoms with Gasteiger partial charge in [-0.1, -0.05) is 29.9 Å². The van der Waals surface area contributed by atoms with Gasteiger partial charge in [0.1, 0.15) is 5.82 Å². The van der Waals surface area contributed by atoms with E-state index in [-0.39, 0.29) is 10.6 Å². The molecule has 0 unspecified atom stereocenters. The van der Waals surface area contributed by atoms with Crippen LogP contribution in [0.2, 0.25) is 5.02 Å². The van der Waals surface area contributed by atoms with E-state index in [1.807, 2.05) is 0 Å². The molecular formula is C14H18ClFN2S2. The molecule has 110 valence electrons. The van der Waals surface area contributed by atoms with Crippen LogP contribution in [0.3, 0.4) is 0 Å². The molecule has 0 radical (unpaired) electrons. The van der Waals surface area contributed by atoms with E-state index in [1.54, 1.807) is 17.8 Å². The van der Waals surface area contributed by atoms with Gasteiger partial charge in [0.15, 0.2) is 0 Å². The third kappa shape index (κ3) is 3.45. The Morgan fingerprint density at radius 3 is 2.65 bits per heavy atom. The average Bonchev–Trinajstić information content (AvgIpc) is 2.42. The Hall–Kier alpha value is -0.360. The van der Waals surface area contributed by atoms with Crippen molar-refractivity contribution >= 4 is 40.6 Å². The van der Waals surface area contributed by atoms with Gasteiger partial charge in [0, 0.05) is 24.7 Å². The van der Waals surface area contributed by atoms with E-state index in [2.05, 4.69) is 11.2 Å². The first-order valence-corrected chi connectivity index (χ1v) is 8.49. The summed E-state index contributed by atoms with van der Waals surface area (Å²) in [4.78, 5) is 2.91. The number of hydrogen-bond acceptors (Lipinski definition) is 3. The SMILES string of the molecule is CSC1(C(N)=S)CCN(Cc2ccc(F)cc2Cl)CC1. The molecule has 1 aliphatic heterocycles. The monoisotopic (exact) mass is 332 g/mol. The van der Waals surface area contributed by atoms with Gasteiger partial charge in [0.25, 0.3) is 0 Å². The number of hydrogen-bond donors (Lipinski definition) is 1.